The molecule has 0 N–H and O–H groups in total. The number of allylic oxidation sites excluding steroid dienone is 12. The summed E-state index contributed by atoms with van der Waals surface area (Å²) < 4.78 is 1.22. The Morgan fingerprint density at radius 2 is 0.857 bits per heavy atom. The summed E-state index contributed by atoms with van der Waals surface area (Å²) in [6.07, 6.45) is 14.5. The minimum absolute atomic E-state index is 0.846. The second-order valence-corrected chi connectivity index (χ2v) is 13.7. The first kappa shape index (κ1) is 29.4. The summed E-state index contributed by atoms with van der Waals surface area (Å²) in [6, 6.07) is 42.5. The van der Waals surface area contributed by atoms with E-state index >= 15 is 0 Å². The van der Waals surface area contributed by atoms with Crippen LogP contribution in [-0.4, -0.2) is 45.4 Å². The van der Waals surface area contributed by atoms with Gasteiger partial charge in [0.1, 0.15) is 0 Å². The molecule has 5 heterocycles. The van der Waals surface area contributed by atoms with Crippen molar-refractivity contribution in [3.63, 3.8) is 0 Å². The van der Waals surface area contributed by atoms with Gasteiger partial charge in [-0.25, -0.2) is 0 Å². The maximum absolute atomic E-state index is 5.60. The molecule has 0 saturated heterocycles. The molecule has 228 valence electrons. The zero-order chi connectivity index (χ0) is 32.7. The van der Waals surface area contributed by atoms with Crippen molar-refractivity contribution in [2.45, 2.75) is 0 Å². The molecular formula is C44H28N4Sn. The Balaban J connectivity index is 1.44. The zero-order valence-corrected chi connectivity index (χ0v) is 29.8. The molecule has 0 amide bonds. The standard InChI is InChI=1S/C44H27N4.Sn.H/c1-5-13-29(14-6-1)38-27-37-26-35-22-21-33(45-35)25-34-23-24-36(46-34)28-39-40(30-15-7-2-8-16-30)41(31-17-9-3-10-18-31)44(48-39)42(43(38)47-37)32-19-11-4-12-20-32;;/h1-26,28H;;. The van der Waals surface area contributed by atoms with Crippen molar-refractivity contribution in [2.75, 3.05) is 0 Å². The van der Waals surface area contributed by atoms with Gasteiger partial charge in [0.25, 0.3) is 0 Å². The van der Waals surface area contributed by atoms with Gasteiger partial charge in [0.05, 0.1) is 0 Å². The molecule has 4 aromatic rings. The third-order valence-corrected chi connectivity index (χ3v) is 10.6. The van der Waals surface area contributed by atoms with E-state index < -0.39 is 0 Å². The third kappa shape index (κ3) is 5.44. The quantitative estimate of drug-likeness (QED) is 0.189. The van der Waals surface area contributed by atoms with Gasteiger partial charge in [-0.05, 0) is 0 Å². The topological polar surface area (TPSA) is 49.4 Å². The second kappa shape index (κ2) is 12.4. The van der Waals surface area contributed by atoms with Gasteiger partial charge in [0.2, 0.25) is 0 Å². The average Bonchev–Trinajstić information content (AvgIpc) is 3.94. The molecule has 5 aliphatic heterocycles. The average molecular weight is 731 g/mol. The van der Waals surface area contributed by atoms with Crippen LogP contribution in [0.2, 0.25) is 0 Å². The van der Waals surface area contributed by atoms with Crippen LogP contribution < -0.4 is 0 Å². The van der Waals surface area contributed by atoms with Gasteiger partial charge < -0.3 is 0 Å². The molecule has 49 heavy (non-hydrogen) atoms. The summed E-state index contributed by atoms with van der Waals surface area (Å²) in [5.41, 5.74) is 15.7. The molecule has 0 spiro atoms. The van der Waals surface area contributed by atoms with Gasteiger partial charge in [-0.3, -0.25) is 0 Å². The first-order chi connectivity index (χ1) is 24.2. The molecule has 5 heteroatoms. The van der Waals surface area contributed by atoms with E-state index in [2.05, 4.69) is 146 Å². The van der Waals surface area contributed by atoms with E-state index in [0.29, 0.717) is 0 Å². The molecule has 5 aliphatic rings. The molecule has 9 rings (SSSR count). The molecule has 0 aliphatic carbocycles. The van der Waals surface area contributed by atoms with Crippen molar-refractivity contribution in [3.8, 4) is 0 Å². The number of benzene rings is 4. The fourth-order valence-electron chi connectivity index (χ4n) is 6.76. The second-order valence-electron chi connectivity index (χ2n) is 12.1. The van der Waals surface area contributed by atoms with Crippen molar-refractivity contribution >= 4 is 67.7 Å². The molecule has 0 aromatic heterocycles. The summed E-state index contributed by atoms with van der Waals surface area (Å²) in [5.74, 6) is 0. The molecule has 0 unspecified atom stereocenters. The molecule has 4 nitrogen and oxygen atoms in total. The number of aliphatic imine (C=N–C) groups is 4. The fraction of sp³-hybridized carbons (Fsp3) is 0. The van der Waals surface area contributed by atoms with Crippen LogP contribution in [-0.2, 0) is 0 Å². The summed E-state index contributed by atoms with van der Waals surface area (Å²) in [7, 11) is 0. The predicted octanol–water partition coefficient (Wildman–Crippen LogP) is 8.92. The van der Waals surface area contributed by atoms with E-state index in [9.17, 15) is 0 Å². The Bertz CT molecular complexity index is 2430. The predicted molar refractivity (Wildman–Crippen MR) is 206 cm³/mol. The van der Waals surface area contributed by atoms with Gasteiger partial charge in [0.15, 0.2) is 0 Å². The fourth-order valence-corrected chi connectivity index (χ4v) is 8.05. The first-order valence-corrected chi connectivity index (χ1v) is 17.9. The van der Waals surface area contributed by atoms with E-state index in [-0.39, 0.29) is 0 Å². The van der Waals surface area contributed by atoms with Crippen LogP contribution in [0.25, 0.3) is 22.3 Å². The van der Waals surface area contributed by atoms with Crippen LogP contribution in [0.1, 0.15) is 22.3 Å². The van der Waals surface area contributed by atoms with Gasteiger partial charge in [-0.15, -0.1) is 0 Å². The van der Waals surface area contributed by atoms with Crippen molar-refractivity contribution in [1.29, 1.82) is 0 Å². The molecule has 0 saturated carbocycles. The number of hydrogen-bond donors (Lipinski definition) is 0. The van der Waals surface area contributed by atoms with E-state index in [1.54, 1.807) is 0 Å². The van der Waals surface area contributed by atoms with Crippen molar-refractivity contribution in [2.24, 2.45) is 20.0 Å². The molecule has 4 aromatic carbocycles. The van der Waals surface area contributed by atoms with Gasteiger partial charge in [-0.2, -0.15) is 0 Å². The first-order valence-electron chi connectivity index (χ1n) is 16.3. The van der Waals surface area contributed by atoms with E-state index in [4.69, 9.17) is 20.0 Å². The van der Waals surface area contributed by atoms with Crippen LogP contribution in [0, 0.1) is 0 Å². The summed E-state index contributed by atoms with van der Waals surface area (Å²) in [6.45, 7) is 0. The number of hydrogen-bond acceptors (Lipinski definition) is 4. The number of rotatable bonds is 4. The van der Waals surface area contributed by atoms with Crippen LogP contribution in [0.3, 0.4) is 0 Å². The third-order valence-electron chi connectivity index (χ3n) is 8.94. The summed E-state index contributed by atoms with van der Waals surface area (Å²) in [4.78, 5) is 21.0. The normalized spacial score (nSPS) is 17.9. The Morgan fingerprint density at radius 1 is 0.388 bits per heavy atom. The summed E-state index contributed by atoms with van der Waals surface area (Å²) >= 11 is 0.880. The zero-order valence-electron chi connectivity index (χ0n) is 26.5. The van der Waals surface area contributed by atoms with E-state index in [1.165, 1.54) is 3.59 Å². The Morgan fingerprint density at radius 3 is 1.43 bits per heavy atom. The molecular weight excluding hydrogens is 703 g/mol. The Kier molecular flexibility index (Phi) is 7.43. The minimum atomic E-state index is 0.846. The van der Waals surface area contributed by atoms with Crippen LogP contribution in [0.15, 0.2) is 210 Å². The number of nitrogens with zero attached hydrogens (tertiary/aromatic N) is 4. The molecule has 0 atom stereocenters. The van der Waals surface area contributed by atoms with Crippen molar-refractivity contribution in [3.05, 3.63) is 212 Å². The van der Waals surface area contributed by atoms with Crippen LogP contribution >= 0.6 is 0 Å². The maximum atomic E-state index is 5.60. The van der Waals surface area contributed by atoms with Gasteiger partial charge >= 0.3 is 300 Å². The van der Waals surface area contributed by atoms with E-state index in [0.717, 1.165) is 113 Å². The van der Waals surface area contributed by atoms with Crippen molar-refractivity contribution in [1.82, 2.24) is 0 Å². The van der Waals surface area contributed by atoms with Crippen LogP contribution in [0.5, 0.6) is 0 Å². The SMILES string of the molecule is [SnH][C]1=C(c2ccccc2)C2=C(c3ccccc3)C3=NC(=CC4=NC(=CC5=NC(=CC1=N2)C=C5)C=C4)C(c1ccccc1)=C3c1ccccc1. The Hall–Kier alpha value is -5.72. The molecule has 2 radical (unpaired) electrons. The number of fused-ring (bicyclic) bond motifs is 4. The molecule has 0 fully saturated rings. The van der Waals surface area contributed by atoms with Gasteiger partial charge in [0, 0.05) is 0 Å². The van der Waals surface area contributed by atoms with Crippen LogP contribution in [0.4, 0.5) is 0 Å². The summed E-state index contributed by atoms with van der Waals surface area (Å²) in [5, 5.41) is 0. The monoisotopic (exact) mass is 732 g/mol. The molecule has 8 bridgehead atoms. The van der Waals surface area contributed by atoms with Crippen molar-refractivity contribution < 1.29 is 0 Å². The van der Waals surface area contributed by atoms with Gasteiger partial charge in [-0.1, -0.05) is 0 Å². The Labute approximate surface area is 298 Å². The van der Waals surface area contributed by atoms with E-state index in [1.807, 2.05) is 18.2 Å².